The van der Waals surface area contributed by atoms with Gasteiger partial charge in [0, 0.05) is 13.1 Å². The van der Waals surface area contributed by atoms with Gasteiger partial charge in [0.2, 0.25) is 5.82 Å². The lowest BCUT2D eigenvalue weighted by molar-refractivity contribution is 0.0731. The lowest BCUT2D eigenvalue weighted by atomic mass is 10.0. The van der Waals surface area contributed by atoms with E-state index in [-0.39, 0.29) is 17.5 Å². The lowest BCUT2D eigenvalue weighted by Crippen LogP contribution is -2.37. The third-order valence-corrected chi connectivity index (χ3v) is 4.87. The van der Waals surface area contributed by atoms with E-state index >= 15 is 0 Å². The van der Waals surface area contributed by atoms with Crippen molar-refractivity contribution in [3.63, 3.8) is 0 Å². The van der Waals surface area contributed by atoms with Crippen LogP contribution in [0.1, 0.15) is 36.2 Å². The van der Waals surface area contributed by atoms with Crippen LogP contribution in [-0.4, -0.2) is 38.7 Å². The number of carbonyl (C=O) groups excluding carboxylic acids is 1. The number of aryl methyl sites for hydroxylation is 1. The summed E-state index contributed by atoms with van der Waals surface area (Å²) in [7, 11) is 0. The van der Waals surface area contributed by atoms with Crippen LogP contribution in [0.25, 0.3) is 5.69 Å². The number of benzene rings is 1. The van der Waals surface area contributed by atoms with E-state index in [4.69, 9.17) is 5.73 Å². The first-order valence-electron chi connectivity index (χ1n) is 10.3. The topological polar surface area (TPSA) is 77.0 Å². The van der Waals surface area contributed by atoms with Gasteiger partial charge in [0.15, 0.2) is 0 Å². The number of hydrogen-bond acceptors (Lipinski definition) is 4. The monoisotopic (exact) mass is 431 g/mol. The van der Waals surface area contributed by atoms with Gasteiger partial charge in [-0.15, -0.1) is 5.10 Å². The largest absolute Gasteiger partial charge is 0.392 e. The molecule has 1 aliphatic rings. The summed E-state index contributed by atoms with van der Waals surface area (Å²) < 4.78 is 14.7. The molecule has 0 saturated carbocycles. The molecular formula is C25H26FN5O. The zero-order valence-electron chi connectivity index (χ0n) is 18.3. The third-order valence-electron chi connectivity index (χ3n) is 4.87. The fourth-order valence-corrected chi connectivity index (χ4v) is 3.17. The number of nitrogens with two attached hydrogens (primary N) is 1. The quantitative estimate of drug-likeness (QED) is 0.589. The van der Waals surface area contributed by atoms with Crippen molar-refractivity contribution in [3.05, 3.63) is 89.5 Å². The average molecular weight is 432 g/mol. The minimum atomic E-state index is -0.331. The highest BCUT2D eigenvalue weighted by atomic mass is 19.1. The van der Waals surface area contributed by atoms with E-state index in [1.54, 1.807) is 34.7 Å². The van der Waals surface area contributed by atoms with E-state index < -0.39 is 0 Å². The molecule has 1 aromatic carbocycles. The molecule has 0 atom stereocenters. The van der Waals surface area contributed by atoms with E-state index in [1.165, 1.54) is 17.7 Å². The molecule has 6 nitrogen and oxygen atoms in total. The number of carbonyl (C=O) groups is 1. The van der Waals surface area contributed by atoms with Gasteiger partial charge in [-0.05, 0) is 69.0 Å². The summed E-state index contributed by atoms with van der Waals surface area (Å²) >= 11 is 0. The first-order valence-corrected chi connectivity index (χ1v) is 10.3. The highest BCUT2D eigenvalue weighted by Crippen LogP contribution is 2.18. The molecule has 32 heavy (non-hydrogen) atoms. The van der Waals surface area contributed by atoms with Crippen LogP contribution in [0.15, 0.2) is 72.0 Å². The van der Waals surface area contributed by atoms with Crippen LogP contribution < -0.4 is 5.73 Å². The molecule has 1 amide bonds. The molecule has 1 aliphatic heterocycles. The number of aromatic nitrogens is 3. The summed E-state index contributed by atoms with van der Waals surface area (Å²) in [5.41, 5.74) is 9.10. The van der Waals surface area contributed by atoms with Crippen molar-refractivity contribution in [2.24, 2.45) is 5.73 Å². The van der Waals surface area contributed by atoms with E-state index in [0.717, 1.165) is 18.4 Å². The predicted octanol–water partition coefficient (Wildman–Crippen LogP) is 3.86. The third kappa shape index (κ3) is 6.05. The number of allylic oxidation sites excluding steroid dienone is 6. The van der Waals surface area contributed by atoms with Crippen molar-refractivity contribution in [1.29, 1.82) is 0 Å². The molecule has 0 bridgehead atoms. The molecule has 0 unspecified atom stereocenters. The normalized spacial score (nSPS) is 14.3. The standard InChI is InChI=1S/C25H26FN5O/c1-18(2)6-4-8-22(27)9-5-7-20-14-16-30(17-15-20)25(32)24-28-19(3)31(29-24)23-12-10-21(26)11-13-23/h4,6-8,10-13H,1,14-17,27H2,2-3H3/b6-4-,22-8-. The second-order valence-electron chi connectivity index (χ2n) is 7.56. The van der Waals surface area contributed by atoms with Gasteiger partial charge in [-0.2, -0.15) is 0 Å². The number of nitrogens with zero attached hydrogens (tertiary/aromatic N) is 4. The Hall–Kier alpha value is -3.92. The Balaban J connectivity index is 1.60. The number of piperidine rings is 1. The minimum Gasteiger partial charge on any atom is -0.392 e. The Morgan fingerprint density at radius 3 is 2.59 bits per heavy atom. The second-order valence-corrected chi connectivity index (χ2v) is 7.56. The van der Waals surface area contributed by atoms with Crippen molar-refractivity contribution in [3.8, 4) is 17.5 Å². The van der Waals surface area contributed by atoms with Crippen LogP contribution in [0.3, 0.4) is 0 Å². The van der Waals surface area contributed by atoms with Gasteiger partial charge in [-0.25, -0.2) is 14.1 Å². The highest BCUT2D eigenvalue weighted by molar-refractivity contribution is 5.90. The molecule has 1 aromatic heterocycles. The van der Waals surface area contributed by atoms with Gasteiger partial charge < -0.3 is 10.6 Å². The molecule has 164 valence electrons. The average Bonchev–Trinajstić information content (AvgIpc) is 3.15. The zero-order valence-corrected chi connectivity index (χ0v) is 18.3. The van der Waals surface area contributed by atoms with E-state index in [9.17, 15) is 9.18 Å². The first kappa shape index (κ1) is 22.8. The molecular weight excluding hydrogens is 405 g/mol. The predicted molar refractivity (Wildman–Crippen MR) is 123 cm³/mol. The molecule has 7 heteroatoms. The van der Waals surface area contributed by atoms with Gasteiger partial charge in [-0.3, -0.25) is 4.79 Å². The Labute approximate surface area is 187 Å². The molecule has 0 radical (unpaired) electrons. The smallest absolute Gasteiger partial charge is 0.293 e. The summed E-state index contributed by atoms with van der Waals surface area (Å²) in [6, 6.07) is 5.90. The van der Waals surface area contributed by atoms with Gasteiger partial charge in [0.05, 0.1) is 11.4 Å². The second kappa shape index (κ2) is 10.4. The van der Waals surface area contributed by atoms with Crippen LogP contribution in [0.5, 0.6) is 0 Å². The minimum absolute atomic E-state index is 0.139. The number of likely N-dealkylation sites (tertiary alicyclic amines) is 1. The number of rotatable bonds is 4. The lowest BCUT2D eigenvalue weighted by Gasteiger charge is -2.27. The molecule has 2 N–H and O–H groups in total. The van der Waals surface area contributed by atoms with Crippen LogP contribution in [0, 0.1) is 24.6 Å². The zero-order chi connectivity index (χ0) is 23.1. The Bertz CT molecular complexity index is 1150. The van der Waals surface area contributed by atoms with Crippen molar-refractivity contribution in [2.45, 2.75) is 26.7 Å². The summed E-state index contributed by atoms with van der Waals surface area (Å²) in [6.07, 6.45) is 8.75. The van der Waals surface area contributed by atoms with E-state index in [2.05, 4.69) is 28.5 Å². The molecule has 3 rings (SSSR count). The van der Waals surface area contributed by atoms with Gasteiger partial charge in [-0.1, -0.05) is 35.8 Å². The van der Waals surface area contributed by atoms with Gasteiger partial charge >= 0.3 is 0 Å². The molecule has 1 saturated heterocycles. The summed E-state index contributed by atoms with van der Waals surface area (Å²) in [4.78, 5) is 18.9. The Kier molecular flexibility index (Phi) is 7.40. The Morgan fingerprint density at radius 2 is 1.94 bits per heavy atom. The number of halogens is 1. The van der Waals surface area contributed by atoms with Gasteiger partial charge in [0.1, 0.15) is 11.6 Å². The van der Waals surface area contributed by atoms with Crippen LogP contribution in [0.2, 0.25) is 0 Å². The van der Waals surface area contributed by atoms with Gasteiger partial charge in [0.25, 0.3) is 5.91 Å². The van der Waals surface area contributed by atoms with Crippen LogP contribution in [-0.2, 0) is 0 Å². The SMILES string of the molecule is C=C(C)/C=C\C=C(/N)C#CC=C1CCN(C(=O)c2nc(C)n(-c3ccc(F)cc3)n2)CC1. The molecule has 2 aromatic rings. The molecule has 1 fully saturated rings. The van der Waals surface area contributed by atoms with Crippen molar-refractivity contribution in [2.75, 3.05) is 13.1 Å². The summed E-state index contributed by atoms with van der Waals surface area (Å²) in [6.45, 7) is 8.59. The fraction of sp³-hybridized carbons (Fsp3) is 0.240. The van der Waals surface area contributed by atoms with Crippen LogP contribution >= 0.6 is 0 Å². The molecule has 2 heterocycles. The maximum Gasteiger partial charge on any atom is 0.293 e. The van der Waals surface area contributed by atoms with Crippen molar-refractivity contribution < 1.29 is 9.18 Å². The van der Waals surface area contributed by atoms with E-state index in [0.29, 0.717) is 30.3 Å². The molecule has 0 aliphatic carbocycles. The van der Waals surface area contributed by atoms with Crippen LogP contribution in [0.4, 0.5) is 4.39 Å². The summed E-state index contributed by atoms with van der Waals surface area (Å²) in [5, 5.41) is 4.33. The molecule has 0 spiro atoms. The Morgan fingerprint density at radius 1 is 1.25 bits per heavy atom. The van der Waals surface area contributed by atoms with Crippen molar-refractivity contribution in [1.82, 2.24) is 19.7 Å². The maximum atomic E-state index is 13.2. The van der Waals surface area contributed by atoms with E-state index in [1.807, 2.05) is 25.2 Å². The highest BCUT2D eigenvalue weighted by Gasteiger charge is 2.24. The summed E-state index contributed by atoms with van der Waals surface area (Å²) in [5.74, 6) is 6.04. The van der Waals surface area contributed by atoms with Crippen molar-refractivity contribution >= 4 is 5.91 Å². The first-order chi connectivity index (χ1) is 15.3. The fourth-order valence-electron chi connectivity index (χ4n) is 3.17. The number of hydrogen-bond donors (Lipinski definition) is 1. The maximum absolute atomic E-state index is 13.2. The number of amides is 1.